The fourth-order valence-electron chi connectivity index (χ4n) is 1.59. The first kappa shape index (κ1) is 12.6. The van der Waals surface area contributed by atoms with E-state index in [0.29, 0.717) is 6.61 Å². The van der Waals surface area contributed by atoms with Gasteiger partial charge in [-0.3, -0.25) is 0 Å². The summed E-state index contributed by atoms with van der Waals surface area (Å²) < 4.78 is 15.8. The van der Waals surface area contributed by atoms with Gasteiger partial charge in [-0.05, 0) is 20.1 Å². The summed E-state index contributed by atoms with van der Waals surface area (Å²) in [6, 6.07) is 0. The van der Waals surface area contributed by atoms with Crippen LogP contribution in [0.4, 0.5) is 0 Å². The Morgan fingerprint density at radius 3 is 2.79 bits per heavy atom. The Labute approximate surface area is 89.7 Å². The van der Waals surface area contributed by atoms with E-state index in [1.54, 1.807) is 7.11 Å². The lowest BCUT2D eigenvalue weighted by molar-refractivity contribution is -0.186. The average Bonchev–Trinajstić information content (AvgIpc) is 2.28. The lowest BCUT2D eigenvalue weighted by Crippen LogP contribution is -2.29. The molecule has 0 bridgehead atoms. The minimum atomic E-state index is -2.85. The van der Waals surface area contributed by atoms with Crippen LogP contribution in [0.3, 0.4) is 0 Å². The molecule has 0 aromatic rings. The Morgan fingerprint density at radius 1 is 1.64 bits per heavy atom. The summed E-state index contributed by atoms with van der Waals surface area (Å²) in [5.41, 5.74) is 0. The van der Waals surface area contributed by atoms with Crippen molar-refractivity contribution in [1.29, 1.82) is 0 Å². The molecule has 1 heterocycles. The van der Waals surface area contributed by atoms with Gasteiger partial charge in [-0.1, -0.05) is 11.8 Å². The van der Waals surface area contributed by atoms with Gasteiger partial charge in [0.15, 0.2) is 0 Å². The van der Waals surface area contributed by atoms with E-state index in [0.717, 1.165) is 6.42 Å². The molecule has 0 saturated carbocycles. The van der Waals surface area contributed by atoms with Crippen molar-refractivity contribution in [2.75, 3.05) is 20.4 Å². The van der Waals surface area contributed by atoms with Crippen molar-refractivity contribution in [2.45, 2.75) is 31.7 Å². The summed E-state index contributed by atoms with van der Waals surface area (Å²) in [5.74, 6) is 0. The third kappa shape index (κ3) is 3.93. The molecule has 4 nitrogen and oxygen atoms in total. The summed E-state index contributed by atoms with van der Waals surface area (Å²) in [5, 5.41) is 0. The van der Waals surface area contributed by atoms with Gasteiger partial charge in [-0.15, -0.1) is 0 Å². The van der Waals surface area contributed by atoms with E-state index >= 15 is 0 Å². The van der Waals surface area contributed by atoms with E-state index in [9.17, 15) is 4.89 Å². The second kappa shape index (κ2) is 5.01. The van der Waals surface area contributed by atoms with Crippen molar-refractivity contribution in [3.63, 3.8) is 0 Å². The van der Waals surface area contributed by atoms with Crippen LogP contribution in [0.2, 0.25) is 0 Å². The van der Waals surface area contributed by atoms with E-state index in [1.165, 1.54) is 6.66 Å². The molecule has 1 aliphatic heterocycles. The molecule has 0 N–H and O–H groups in total. The molecule has 0 spiro atoms. The van der Waals surface area contributed by atoms with Gasteiger partial charge >= 0.3 is 0 Å². The molecule has 14 heavy (non-hydrogen) atoms. The van der Waals surface area contributed by atoms with Crippen molar-refractivity contribution in [2.24, 2.45) is 0 Å². The van der Waals surface area contributed by atoms with Crippen molar-refractivity contribution in [3.8, 4) is 0 Å². The number of methoxy groups -OCH3 is 1. The van der Waals surface area contributed by atoms with E-state index < -0.39 is 6.49 Å². The Morgan fingerprint density at radius 2 is 2.29 bits per heavy atom. The molecule has 2 unspecified atom stereocenters. The Kier molecular flexibility index (Phi) is 4.50. The number of hydrogen-bond acceptors (Lipinski definition) is 5. The van der Waals surface area contributed by atoms with Crippen LogP contribution in [0.1, 0.15) is 13.3 Å². The predicted molar refractivity (Wildman–Crippen MR) is 55.9 cm³/mol. The largest absolute Gasteiger partial charge is 0.801 e. The molecule has 0 aromatic carbocycles. The Hall–Kier alpha value is 0.490. The second-order valence-electron chi connectivity index (χ2n) is 3.59. The van der Waals surface area contributed by atoms with Gasteiger partial charge < -0.3 is 18.9 Å². The molecule has 1 fully saturated rings. The third-order valence-corrected chi connectivity index (χ3v) is 2.96. The summed E-state index contributed by atoms with van der Waals surface area (Å²) in [6.45, 7) is 0.988. The van der Waals surface area contributed by atoms with Crippen molar-refractivity contribution >= 4 is 18.3 Å². The standard InChI is InChI=1S/C8H17O4PS/c1-6-4-7(12-13(3,9)14)8(11-6)5-10-2/h6-8H,4-5H2,1-3H3,(H,9,14)/p-1/t6-,7?,8+,13?/m0/s1. The van der Waals surface area contributed by atoms with Crippen molar-refractivity contribution in [3.05, 3.63) is 0 Å². The van der Waals surface area contributed by atoms with Crippen LogP contribution < -0.4 is 4.89 Å². The maximum atomic E-state index is 11.3. The van der Waals surface area contributed by atoms with Crippen LogP contribution in [0.15, 0.2) is 0 Å². The number of ether oxygens (including phenoxy) is 2. The maximum Gasteiger partial charge on any atom is 0.108 e. The van der Waals surface area contributed by atoms with Gasteiger partial charge in [-0.2, -0.15) is 0 Å². The minimum Gasteiger partial charge on any atom is -0.801 e. The van der Waals surface area contributed by atoms with Crippen molar-refractivity contribution < 1.29 is 18.9 Å². The van der Waals surface area contributed by atoms with Gasteiger partial charge in [0.2, 0.25) is 0 Å². The molecule has 0 amide bonds. The number of rotatable bonds is 4. The minimum absolute atomic E-state index is 0.113. The van der Waals surface area contributed by atoms with Crippen LogP contribution in [-0.2, 0) is 25.8 Å². The van der Waals surface area contributed by atoms with E-state index in [1.807, 2.05) is 6.92 Å². The van der Waals surface area contributed by atoms with Crippen LogP contribution >= 0.6 is 6.49 Å². The highest BCUT2D eigenvalue weighted by molar-refractivity contribution is 8.08. The highest BCUT2D eigenvalue weighted by Crippen LogP contribution is 2.38. The van der Waals surface area contributed by atoms with E-state index in [2.05, 4.69) is 0 Å². The molecule has 0 radical (unpaired) electrons. The molecular formula is C8H16O4PS-. The Bertz CT molecular complexity index is 229. The molecule has 1 saturated heterocycles. The summed E-state index contributed by atoms with van der Waals surface area (Å²) in [4.78, 5) is 11.3. The smallest absolute Gasteiger partial charge is 0.108 e. The van der Waals surface area contributed by atoms with Crippen LogP contribution in [0, 0.1) is 0 Å². The number of hydrogen-bond donors (Lipinski definition) is 0. The van der Waals surface area contributed by atoms with E-state index in [-0.39, 0.29) is 18.3 Å². The van der Waals surface area contributed by atoms with Crippen LogP contribution in [0.25, 0.3) is 0 Å². The first-order valence-electron chi connectivity index (χ1n) is 4.53. The van der Waals surface area contributed by atoms with Crippen LogP contribution in [-0.4, -0.2) is 38.7 Å². The topological polar surface area (TPSA) is 50.8 Å². The average molecular weight is 239 g/mol. The quantitative estimate of drug-likeness (QED) is 0.668. The molecule has 1 rings (SSSR count). The SMILES string of the molecule is COC[C@H]1O[C@@H](C)CC1OP(C)([O-])=S. The second-order valence-corrected chi connectivity index (χ2v) is 7.33. The summed E-state index contributed by atoms with van der Waals surface area (Å²) >= 11 is 4.73. The monoisotopic (exact) mass is 239 g/mol. The van der Waals surface area contributed by atoms with Gasteiger partial charge in [0, 0.05) is 13.5 Å². The lowest BCUT2D eigenvalue weighted by atomic mass is 10.1. The molecule has 84 valence electrons. The predicted octanol–water partition coefficient (Wildman–Crippen LogP) is 0.495. The van der Waals surface area contributed by atoms with Crippen molar-refractivity contribution in [1.82, 2.24) is 0 Å². The third-order valence-electron chi connectivity index (χ3n) is 2.04. The van der Waals surface area contributed by atoms with Gasteiger partial charge in [-0.25, -0.2) is 0 Å². The molecular weight excluding hydrogens is 223 g/mol. The zero-order chi connectivity index (χ0) is 10.8. The molecule has 4 atom stereocenters. The van der Waals surface area contributed by atoms with Crippen LogP contribution in [0.5, 0.6) is 0 Å². The zero-order valence-electron chi connectivity index (χ0n) is 8.63. The Balaban J connectivity index is 2.53. The summed E-state index contributed by atoms with van der Waals surface area (Å²) in [6.07, 6.45) is 0.494. The highest BCUT2D eigenvalue weighted by atomic mass is 32.5. The molecule has 1 aliphatic rings. The van der Waals surface area contributed by atoms with E-state index in [4.69, 9.17) is 25.8 Å². The summed E-state index contributed by atoms with van der Waals surface area (Å²) in [7, 11) is 1.60. The fraction of sp³-hybridized carbons (Fsp3) is 1.00. The molecule has 6 heteroatoms. The fourth-order valence-corrected chi connectivity index (χ4v) is 2.63. The normalized spacial score (nSPS) is 37.0. The first-order valence-corrected chi connectivity index (χ1v) is 7.62. The maximum absolute atomic E-state index is 11.3. The highest BCUT2D eigenvalue weighted by Gasteiger charge is 2.34. The van der Waals surface area contributed by atoms with Gasteiger partial charge in [0.05, 0.1) is 18.8 Å². The lowest BCUT2D eigenvalue weighted by Gasteiger charge is -2.29. The zero-order valence-corrected chi connectivity index (χ0v) is 10.3. The van der Waals surface area contributed by atoms with Gasteiger partial charge in [0.1, 0.15) is 6.10 Å². The first-order chi connectivity index (χ1) is 6.42. The van der Waals surface area contributed by atoms with Gasteiger partial charge in [0.25, 0.3) is 0 Å². The molecule has 0 aliphatic carbocycles. The molecule has 0 aromatic heterocycles.